The van der Waals surface area contributed by atoms with E-state index < -0.39 is 0 Å². The maximum Gasteiger partial charge on any atom is 0.123 e. The van der Waals surface area contributed by atoms with Crippen LogP contribution in [0.15, 0.2) is 65.1 Å². The van der Waals surface area contributed by atoms with Crippen LogP contribution >= 0.6 is 15.9 Å². The van der Waals surface area contributed by atoms with Crippen molar-refractivity contribution in [2.75, 3.05) is 10.6 Å². The first-order valence-corrected chi connectivity index (χ1v) is 7.41. The molecule has 0 spiro atoms. The Morgan fingerprint density at radius 2 is 1.45 bits per heavy atom. The largest absolute Gasteiger partial charge is 0.361 e. The number of benzene rings is 3. The van der Waals surface area contributed by atoms with Crippen molar-refractivity contribution in [3.63, 3.8) is 0 Å². The Morgan fingerprint density at radius 1 is 0.800 bits per heavy atom. The zero-order chi connectivity index (χ0) is 13.5. The summed E-state index contributed by atoms with van der Waals surface area (Å²) in [6.45, 7) is 0. The van der Waals surface area contributed by atoms with Gasteiger partial charge in [0.2, 0.25) is 0 Å². The molecule has 0 bridgehead atoms. The lowest BCUT2D eigenvalue weighted by Gasteiger charge is -2.29. The molecule has 3 aromatic rings. The van der Waals surface area contributed by atoms with Crippen LogP contribution in [0.1, 0.15) is 11.7 Å². The second-order valence-corrected chi connectivity index (χ2v) is 5.90. The molecule has 1 aliphatic heterocycles. The molecular weight excluding hydrogens is 312 g/mol. The minimum absolute atomic E-state index is 0.0907. The zero-order valence-corrected chi connectivity index (χ0v) is 12.3. The maximum atomic E-state index is 3.57. The number of rotatable bonds is 1. The quantitative estimate of drug-likeness (QED) is 0.647. The minimum atomic E-state index is 0.0907. The van der Waals surface area contributed by atoms with Crippen molar-refractivity contribution < 1.29 is 0 Å². The number of hydrogen-bond acceptors (Lipinski definition) is 2. The molecular formula is C17H13BrN2. The minimum Gasteiger partial charge on any atom is -0.361 e. The molecule has 0 fully saturated rings. The summed E-state index contributed by atoms with van der Waals surface area (Å²) < 4.78 is 1.09. The lowest BCUT2D eigenvalue weighted by atomic mass is 10.0. The highest BCUT2D eigenvalue weighted by Gasteiger charge is 2.19. The Labute approximate surface area is 125 Å². The molecule has 0 saturated heterocycles. The molecule has 0 radical (unpaired) electrons. The summed E-state index contributed by atoms with van der Waals surface area (Å²) in [7, 11) is 0. The lowest BCUT2D eigenvalue weighted by molar-refractivity contribution is 0.896. The van der Waals surface area contributed by atoms with Gasteiger partial charge in [0.15, 0.2) is 0 Å². The predicted molar refractivity (Wildman–Crippen MR) is 88.1 cm³/mol. The van der Waals surface area contributed by atoms with Gasteiger partial charge in [0, 0.05) is 21.2 Å². The molecule has 1 heterocycles. The monoisotopic (exact) mass is 324 g/mol. The van der Waals surface area contributed by atoms with Crippen LogP contribution in [0.3, 0.4) is 0 Å². The highest BCUT2D eigenvalue weighted by atomic mass is 79.9. The average molecular weight is 325 g/mol. The van der Waals surface area contributed by atoms with E-state index in [0.717, 1.165) is 4.47 Å². The summed E-state index contributed by atoms with van der Waals surface area (Å²) in [6, 6.07) is 21.1. The maximum absolute atomic E-state index is 3.57. The summed E-state index contributed by atoms with van der Waals surface area (Å²) in [5.74, 6) is 0. The predicted octanol–water partition coefficient (Wildman–Crippen LogP) is 5.14. The normalized spacial score (nSPS) is 13.8. The van der Waals surface area contributed by atoms with Crippen molar-refractivity contribution in [2.24, 2.45) is 0 Å². The summed E-state index contributed by atoms with van der Waals surface area (Å²) in [5.41, 5.74) is 3.58. The first-order valence-electron chi connectivity index (χ1n) is 6.61. The van der Waals surface area contributed by atoms with E-state index in [0.29, 0.717) is 0 Å². The molecule has 2 N–H and O–H groups in total. The van der Waals surface area contributed by atoms with E-state index in [4.69, 9.17) is 0 Å². The van der Waals surface area contributed by atoms with E-state index >= 15 is 0 Å². The number of nitrogens with one attached hydrogen (secondary N) is 2. The highest BCUT2D eigenvalue weighted by Crippen LogP contribution is 2.38. The molecule has 20 heavy (non-hydrogen) atoms. The standard InChI is InChI=1S/C17H13BrN2/c18-13-7-1-6-12(10-13)17-19-14-8-2-4-11-5-3-9-15(20-17)16(11)14/h1-10,17,19-20H. The van der Waals surface area contributed by atoms with E-state index in [1.807, 2.05) is 6.07 Å². The Bertz CT molecular complexity index is 757. The Kier molecular flexibility index (Phi) is 2.67. The van der Waals surface area contributed by atoms with E-state index in [-0.39, 0.29) is 6.17 Å². The number of anilines is 2. The summed E-state index contributed by atoms with van der Waals surface area (Å²) >= 11 is 3.53. The van der Waals surface area contributed by atoms with Gasteiger partial charge in [0.05, 0.1) is 0 Å². The second-order valence-electron chi connectivity index (χ2n) is 4.99. The lowest BCUT2D eigenvalue weighted by Crippen LogP contribution is -2.23. The summed E-state index contributed by atoms with van der Waals surface area (Å²) in [6.07, 6.45) is 0.0907. The molecule has 2 nitrogen and oxygen atoms in total. The molecule has 0 aliphatic carbocycles. The summed E-state index contributed by atoms with van der Waals surface area (Å²) in [4.78, 5) is 0. The third-order valence-corrected chi connectivity index (χ3v) is 4.18. The fourth-order valence-corrected chi connectivity index (χ4v) is 3.20. The van der Waals surface area contributed by atoms with Gasteiger partial charge in [-0.05, 0) is 35.2 Å². The molecule has 0 atom stereocenters. The van der Waals surface area contributed by atoms with Crippen LogP contribution in [0.5, 0.6) is 0 Å². The summed E-state index contributed by atoms with van der Waals surface area (Å²) in [5, 5.41) is 9.67. The van der Waals surface area contributed by atoms with Crippen molar-refractivity contribution in [2.45, 2.75) is 6.17 Å². The van der Waals surface area contributed by atoms with Gasteiger partial charge in [-0.25, -0.2) is 0 Å². The van der Waals surface area contributed by atoms with Crippen molar-refractivity contribution in [1.29, 1.82) is 0 Å². The molecule has 0 amide bonds. The molecule has 3 aromatic carbocycles. The first-order chi connectivity index (χ1) is 9.81. The van der Waals surface area contributed by atoms with Crippen LogP contribution in [0.4, 0.5) is 11.4 Å². The van der Waals surface area contributed by atoms with Gasteiger partial charge in [0.25, 0.3) is 0 Å². The Morgan fingerprint density at radius 3 is 2.10 bits per heavy atom. The van der Waals surface area contributed by atoms with Crippen molar-refractivity contribution in [1.82, 2.24) is 0 Å². The van der Waals surface area contributed by atoms with Gasteiger partial charge in [-0.3, -0.25) is 0 Å². The third-order valence-electron chi connectivity index (χ3n) is 3.69. The molecule has 0 saturated carbocycles. The molecule has 0 unspecified atom stereocenters. The first kappa shape index (κ1) is 11.8. The van der Waals surface area contributed by atoms with Crippen LogP contribution in [0.25, 0.3) is 10.8 Å². The van der Waals surface area contributed by atoms with Crippen LogP contribution in [0.2, 0.25) is 0 Å². The molecule has 1 aliphatic rings. The van der Waals surface area contributed by atoms with E-state index in [1.54, 1.807) is 0 Å². The smallest absolute Gasteiger partial charge is 0.123 e. The van der Waals surface area contributed by atoms with Gasteiger partial charge >= 0.3 is 0 Å². The van der Waals surface area contributed by atoms with Crippen LogP contribution in [-0.4, -0.2) is 0 Å². The third kappa shape index (κ3) is 1.86. The molecule has 98 valence electrons. The van der Waals surface area contributed by atoms with Gasteiger partial charge in [-0.1, -0.05) is 52.3 Å². The van der Waals surface area contributed by atoms with Gasteiger partial charge in [0.1, 0.15) is 6.17 Å². The topological polar surface area (TPSA) is 24.1 Å². The Balaban J connectivity index is 1.83. The van der Waals surface area contributed by atoms with Crippen LogP contribution in [-0.2, 0) is 0 Å². The van der Waals surface area contributed by atoms with Gasteiger partial charge in [-0.2, -0.15) is 0 Å². The second kappa shape index (κ2) is 4.53. The molecule has 4 rings (SSSR count). The SMILES string of the molecule is Brc1cccc(C2Nc3cccc4cccc(c34)N2)c1. The molecule has 3 heteroatoms. The number of halogens is 1. The highest BCUT2D eigenvalue weighted by molar-refractivity contribution is 9.10. The zero-order valence-electron chi connectivity index (χ0n) is 10.7. The van der Waals surface area contributed by atoms with Gasteiger partial charge in [-0.15, -0.1) is 0 Å². The van der Waals surface area contributed by atoms with Gasteiger partial charge < -0.3 is 10.6 Å². The van der Waals surface area contributed by atoms with Crippen molar-refractivity contribution in [3.8, 4) is 0 Å². The Hall–Kier alpha value is -2.00. The van der Waals surface area contributed by atoms with Crippen molar-refractivity contribution >= 4 is 38.1 Å². The van der Waals surface area contributed by atoms with Crippen molar-refractivity contribution in [3.05, 3.63) is 70.7 Å². The fourth-order valence-electron chi connectivity index (χ4n) is 2.78. The average Bonchev–Trinajstić information content (AvgIpc) is 2.48. The van der Waals surface area contributed by atoms with E-state index in [1.165, 1.54) is 27.7 Å². The number of hydrogen-bond donors (Lipinski definition) is 2. The van der Waals surface area contributed by atoms with E-state index in [2.05, 4.69) is 81.2 Å². The van der Waals surface area contributed by atoms with Crippen LogP contribution < -0.4 is 10.6 Å². The van der Waals surface area contributed by atoms with Crippen LogP contribution in [0, 0.1) is 0 Å². The molecule has 0 aromatic heterocycles. The van der Waals surface area contributed by atoms with E-state index in [9.17, 15) is 0 Å². The fraction of sp³-hybridized carbons (Fsp3) is 0.0588.